The van der Waals surface area contributed by atoms with Gasteiger partial charge in [0.15, 0.2) is 0 Å². The third kappa shape index (κ3) is 3.66. The Kier molecular flexibility index (Phi) is 7.05. The Labute approximate surface area is 166 Å². The van der Waals surface area contributed by atoms with Crippen molar-refractivity contribution in [1.82, 2.24) is 10.6 Å². The Balaban J connectivity index is 0.00000113. The lowest BCUT2D eigenvalue weighted by molar-refractivity contribution is -0.127. The molecule has 1 amide bonds. The molecule has 0 aromatic carbocycles. The highest BCUT2D eigenvalue weighted by molar-refractivity contribution is 8.02. The molecule has 4 rings (SSSR count). The van der Waals surface area contributed by atoms with Gasteiger partial charge in [0.25, 0.3) is 0 Å². The third-order valence-electron chi connectivity index (χ3n) is 5.69. The van der Waals surface area contributed by atoms with Crippen molar-refractivity contribution in [3.63, 3.8) is 0 Å². The van der Waals surface area contributed by atoms with E-state index < -0.39 is 0 Å². The first kappa shape index (κ1) is 20.8. The molecule has 4 nitrogen and oxygen atoms in total. The number of amides is 1. The minimum atomic E-state index is -0.0669. The highest BCUT2D eigenvalue weighted by Gasteiger charge is 2.57. The molecule has 7 heteroatoms. The second-order valence-corrected chi connectivity index (χ2v) is 8.71. The van der Waals surface area contributed by atoms with E-state index in [1.54, 1.807) is 0 Å². The van der Waals surface area contributed by atoms with E-state index >= 15 is 0 Å². The summed E-state index contributed by atoms with van der Waals surface area (Å²) in [6.45, 7) is 5.09. The molecule has 2 N–H and O–H groups in total. The number of hydrogen-bond acceptors (Lipinski definition) is 4. The molecule has 3 heterocycles. The van der Waals surface area contributed by atoms with E-state index in [1.807, 2.05) is 11.8 Å². The number of carbonyl (C=O) groups is 1. The van der Waals surface area contributed by atoms with Crippen LogP contribution in [0.4, 0.5) is 0 Å². The third-order valence-corrected chi connectivity index (χ3v) is 7.39. The van der Waals surface area contributed by atoms with Gasteiger partial charge in [-0.05, 0) is 44.3 Å². The van der Waals surface area contributed by atoms with Crippen LogP contribution in [-0.4, -0.2) is 47.3 Å². The van der Waals surface area contributed by atoms with Crippen LogP contribution in [-0.2, 0) is 4.79 Å². The average molecular weight is 404 g/mol. The van der Waals surface area contributed by atoms with Crippen molar-refractivity contribution >= 4 is 48.2 Å². The van der Waals surface area contributed by atoms with E-state index in [9.17, 15) is 4.79 Å². The molecule has 4 atom stereocenters. The molecule has 0 saturated carbocycles. The number of hydrogen-bond donors (Lipinski definition) is 2. The minimum Gasteiger partial charge on any atom is -0.353 e. The van der Waals surface area contributed by atoms with Crippen LogP contribution in [0.1, 0.15) is 26.2 Å². The van der Waals surface area contributed by atoms with Gasteiger partial charge in [-0.15, -0.1) is 36.6 Å². The van der Waals surface area contributed by atoms with Crippen LogP contribution in [0.5, 0.6) is 0 Å². The van der Waals surface area contributed by atoms with E-state index in [1.165, 1.54) is 5.71 Å². The normalized spacial score (nSPS) is 36.4. The van der Waals surface area contributed by atoms with E-state index in [0.29, 0.717) is 17.2 Å². The molecule has 1 aliphatic carbocycles. The van der Waals surface area contributed by atoms with Crippen molar-refractivity contribution in [2.45, 2.75) is 42.2 Å². The molecule has 140 valence electrons. The van der Waals surface area contributed by atoms with Gasteiger partial charge in [-0.1, -0.05) is 25.2 Å². The summed E-state index contributed by atoms with van der Waals surface area (Å²) in [5, 5.41) is 7.04. The Hall–Kier alpha value is -0.490. The summed E-state index contributed by atoms with van der Waals surface area (Å²) in [5.74, 6) is 0.734. The van der Waals surface area contributed by atoms with Crippen molar-refractivity contribution < 1.29 is 4.79 Å². The van der Waals surface area contributed by atoms with E-state index in [0.717, 1.165) is 38.9 Å². The summed E-state index contributed by atoms with van der Waals surface area (Å²) in [7, 11) is 0. The quantitative estimate of drug-likeness (QED) is 0.744. The number of thioether (sulfide) groups is 1. The molecule has 4 unspecified atom stereocenters. The Morgan fingerprint density at radius 2 is 2.04 bits per heavy atom. The van der Waals surface area contributed by atoms with Gasteiger partial charge in [0.05, 0.1) is 16.4 Å². The topological polar surface area (TPSA) is 53.5 Å². The van der Waals surface area contributed by atoms with Gasteiger partial charge in [0, 0.05) is 17.8 Å². The first-order chi connectivity index (χ1) is 11.2. The van der Waals surface area contributed by atoms with Crippen molar-refractivity contribution in [3.05, 3.63) is 24.3 Å². The highest BCUT2D eigenvalue weighted by Crippen LogP contribution is 2.56. The summed E-state index contributed by atoms with van der Waals surface area (Å²) in [6, 6.07) is 0.344. The minimum absolute atomic E-state index is 0. The van der Waals surface area contributed by atoms with Crippen molar-refractivity contribution in [1.29, 1.82) is 0 Å². The lowest BCUT2D eigenvalue weighted by Gasteiger charge is -2.38. The molecular weight excluding hydrogens is 377 g/mol. The van der Waals surface area contributed by atoms with Gasteiger partial charge in [-0.3, -0.25) is 9.79 Å². The van der Waals surface area contributed by atoms with E-state index in [-0.39, 0.29) is 41.4 Å². The largest absolute Gasteiger partial charge is 0.353 e. The summed E-state index contributed by atoms with van der Waals surface area (Å²) >= 11 is 1.94. The van der Waals surface area contributed by atoms with Crippen LogP contribution >= 0.6 is 36.6 Å². The van der Waals surface area contributed by atoms with Gasteiger partial charge in [-0.25, -0.2) is 0 Å². The summed E-state index contributed by atoms with van der Waals surface area (Å²) < 4.78 is -0.0669. The van der Waals surface area contributed by atoms with Crippen LogP contribution in [0.3, 0.4) is 0 Å². The maximum atomic E-state index is 13.0. The van der Waals surface area contributed by atoms with Crippen molar-refractivity contribution in [3.8, 4) is 0 Å². The zero-order chi connectivity index (χ0) is 15.9. The molecule has 0 bridgehead atoms. The lowest BCUT2D eigenvalue weighted by Crippen LogP contribution is -2.50. The molecule has 2 saturated heterocycles. The van der Waals surface area contributed by atoms with Crippen LogP contribution in [0.25, 0.3) is 0 Å². The Morgan fingerprint density at radius 3 is 2.80 bits per heavy atom. The van der Waals surface area contributed by atoms with Crippen LogP contribution in [0.15, 0.2) is 29.3 Å². The SMILES string of the molecule is CC1SC23C=CC=CC2=NCCC3C1C(=O)NC1CCNCC1.Cl.Cl. The first-order valence-corrected chi connectivity index (χ1v) is 9.68. The Morgan fingerprint density at radius 1 is 1.28 bits per heavy atom. The van der Waals surface area contributed by atoms with Crippen LogP contribution < -0.4 is 10.6 Å². The smallest absolute Gasteiger partial charge is 0.224 e. The summed E-state index contributed by atoms with van der Waals surface area (Å²) in [5.41, 5.74) is 1.17. The maximum absolute atomic E-state index is 13.0. The van der Waals surface area contributed by atoms with Crippen molar-refractivity contribution in [2.75, 3.05) is 19.6 Å². The molecule has 0 aromatic heterocycles. The predicted molar refractivity (Wildman–Crippen MR) is 110 cm³/mol. The number of piperidine rings is 1. The molecule has 2 fully saturated rings. The Bertz CT molecular complexity index is 589. The zero-order valence-corrected chi connectivity index (χ0v) is 16.9. The predicted octanol–water partition coefficient (Wildman–Crippen LogP) is 2.78. The van der Waals surface area contributed by atoms with Gasteiger partial charge in [0.1, 0.15) is 0 Å². The molecule has 0 aromatic rings. The summed E-state index contributed by atoms with van der Waals surface area (Å²) in [6.07, 6.45) is 11.7. The zero-order valence-electron chi connectivity index (χ0n) is 14.4. The standard InChI is InChI=1S/C18H25N3OS.2ClH/c1-12-16(17(22)21-13-5-9-19-10-6-13)14-7-11-20-15-4-2-3-8-18(14,15)23-12;;/h2-4,8,12-14,16,19H,5-7,9-11H2,1H3,(H,21,22);2*1H. The second kappa shape index (κ2) is 8.47. The van der Waals surface area contributed by atoms with Gasteiger partial charge in [0.2, 0.25) is 5.91 Å². The average Bonchev–Trinajstić information content (AvgIpc) is 2.85. The fourth-order valence-corrected chi connectivity index (χ4v) is 6.51. The number of nitrogens with one attached hydrogen (secondary N) is 2. The van der Waals surface area contributed by atoms with Crippen molar-refractivity contribution in [2.24, 2.45) is 16.8 Å². The van der Waals surface area contributed by atoms with Gasteiger partial charge < -0.3 is 10.6 Å². The number of carbonyl (C=O) groups excluding carboxylic acids is 1. The number of rotatable bonds is 2. The molecule has 25 heavy (non-hydrogen) atoms. The molecule has 0 radical (unpaired) electrons. The maximum Gasteiger partial charge on any atom is 0.224 e. The monoisotopic (exact) mass is 403 g/mol. The number of aliphatic imine (C=N–C) groups is 1. The second-order valence-electron chi connectivity index (χ2n) is 7.06. The molecule has 4 aliphatic rings. The van der Waals surface area contributed by atoms with E-state index in [4.69, 9.17) is 4.99 Å². The lowest BCUT2D eigenvalue weighted by atomic mass is 9.72. The molecular formula is C18H27Cl2N3OS. The molecule has 1 spiro atoms. The fraction of sp³-hybridized carbons (Fsp3) is 0.667. The van der Waals surface area contributed by atoms with Gasteiger partial charge in [-0.2, -0.15) is 0 Å². The highest BCUT2D eigenvalue weighted by atomic mass is 35.5. The van der Waals surface area contributed by atoms with Crippen LogP contribution in [0.2, 0.25) is 0 Å². The van der Waals surface area contributed by atoms with Crippen LogP contribution in [0, 0.1) is 11.8 Å². The summed E-state index contributed by atoms with van der Waals surface area (Å²) in [4.78, 5) is 17.8. The number of allylic oxidation sites excluding steroid dienone is 3. The fourth-order valence-electron chi connectivity index (χ4n) is 4.59. The first-order valence-electron chi connectivity index (χ1n) is 8.80. The van der Waals surface area contributed by atoms with Gasteiger partial charge >= 0.3 is 0 Å². The number of nitrogens with zero attached hydrogens (tertiary/aromatic N) is 1. The number of halogens is 2. The molecule has 3 aliphatic heterocycles. The van der Waals surface area contributed by atoms with E-state index in [2.05, 4.69) is 41.9 Å².